The first kappa shape index (κ1) is 49.2. The fraction of sp³-hybridized carbons (Fsp3) is 0.417. The highest BCUT2D eigenvalue weighted by Crippen LogP contribution is 2.46. The lowest BCUT2D eigenvalue weighted by Crippen LogP contribution is -2.45. The molecule has 0 radical (unpaired) electrons. The van der Waals surface area contributed by atoms with Crippen LogP contribution >= 0.6 is 0 Å². The lowest BCUT2D eigenvalue weighted by Gasteiger charge is -2.35. The number of amides is 2. The fourth-order valence-electron chi connectivity index (χ4n) is 12.6. The first-order valence-corrected chi connectivity index (χ1v) is 26.9. The third kappa shape index (κ3) is 10.3. The molecular weight excluding hydrogens is 925 g/mol. The number of hydrogen-bond donors (Lipinski definition) is 3. The van der Waals surface area contributed by atoms with Crippen molar-refractivity contribution in [1.29, 1.82) is 0 Å². The van der Waals surface area contributed by atoms with Crippen LogP contribution in [-0.2, 0) is 27.5 Å². The number of nitrogens with zero attached hydrogens (tertiary/aromatic N) is 8. The van der Waals surface area contributed by atoms with E-state index in [9.17, 15) is 19.5 Å². The molecule has 4 N–H and O–H groups in total. The molecule has 14 nitrogen and oxygen atoms in total. The summed E-state index contributed by atoms with van der Waals surface area (Å²) < 4.78 is 4.64. The molecule has 5 aromatic carbocycles. The van der Waals surface area contributed by atoms with Crippen LogP contribution in [0.2, 0.25) is 0 Å². The predicted octanol–water partition coefficient (Wildman–Crippen LogP) is 8.35. The first-order chi connectivity index (χ1) is 36.0. The number of carbonyl (C=O) groups is 3. The topological polar surface area (TPSA) is 158 Å². The Morgan fingerprint density at radius 3 is 1.66 bits per heavy atom. The minimum atomic E-state index is -1.00. The molecule has 1 unspecified atom stereocenters. The predicted molar refractivity (Wildman–Crippen MR) is 292 cm³/mol. The van der Waals surface area contributed by atoms with E-state index in [1.807, 2.05) is 30.3 Å². The van der Waals surface area contributed by atoms with Gasteiger partial charge in [-0.05, 0) is 122 Å². The molecule has 2 aliphatic heterocycles. The monoisotopic (exact) mass is 995 g/mol. The number of carboxylic acids is 1. The zero-order valence-electron chi connectivity index (χ0n) is 42.9. The molecule has 6 atom stereocenters. The van der Waals surface area contributed by atoms with Crippen LogP contribution in [0, 0.1) is 11.8 Å². The number of piperazine rings is 2. The average Bonchev–Trinajstić information content (AvgIpc) is 3.98. The lowest BCUT2D eigenvalue weighted by molar-refractivity contribution is -0.143. The molecule has 14 heteroatoms. The summed E-state index contributed by atoms with van der Waals surface area (Å²) in [5.74, 6) is -0.519. The molecule has 384 valence electrons. The van der Waals surface area contributed by atoms with Crippen LogP contribution in [-0.4, -0.2) is 118 Å². The number of imidazole rings is 2. The number of rotatable bonds is 14. The van der Waals surface area contributed by atoms with Gasteiger partial charge in [-0.2, -0.15) is 0 Å². The summed E-state index contributed by atoms with van der Waals surface area (Å²) in [5.41, 5.74) is 16.4. The zero-order chi connectivity index (χ0) is 50.9. The van der Waals surface area contributed by atoms with Crippen LogP contribution in [0.4, 0.5) is 11.9 Å². The van der Waals surface area contributed by atoms with E-state index in [0.29, 0.717) is 37.9 Å². The van der Waals surface area contributed by atoms with E-state index in [1.165, 1.54) is 5.56 Å². The van der Waals surface area contributed by atoms with Gasteiger partial charge in [-0.25, -0.2) is 9.97 Å². The summed E-state index contributed by atoms with van der Waals surface area (Å²) >= 11 is 0. The molecule has 11 rings (SSSR count). The van der Waals surface area contributed by atoms with E-state index in [4.69, 9.17) is 15.7 Å². The molecule has 4 fully saturated rings. The number of para-hydroxylation sites is 4. The van der Waals surface area contributed by atoms with Gasteiger partial charge in [0.25, 0.3) is 0 Å². The number of nitrogens with two attached hydrogens (primary N) is 1. The molecule has 2 aromatic heterocycles. The van der Waals surface area contributed by atoms with Crippen LogP contribution in [0.1, 0.15) is 102 Å². The maximum absolute atomic E-state index is 14.4. The smallest absolute Gasteiger partial charge is 0.307 e. The Morgan fingerprint density at radius 2 is 1.12 bits per heavy atom. The van der Waals surface area contributed by atoms with E-state index < -0.39 is 23.8 Å². The van der Waals surface area contributed by atoms with Crippen molar-refractivity contribution in [3.63, 3.8) is 0 Å². The molecule has 0 bridgehead atoms. The Bertz CT molecular complexity index is 3110. The number of hydrogen-bond acceptors (Lipinski definition) is 9. The number of benzene rings is 5. The maximum atomic E-state index is 14.4. The Hall–Kier alpha value is -7.03. The summed E-state index contributed by atoms with van der Waals surface area (Å²) in [4.78, 5) is 60.2. The molecule has 2 saturated carbocycles. The van der Waals surface area contributed by atoms with Crippen molar-refractivity contribution < 1.29 is 19.5 Å². The zero-order valence-corrected chi connectivity index (χ0v) is 42.9. The van der Waals surface area contributed by atoms with Gasteiger partial charge in [-0.15, -0.1) is 0 Å². The second-order valence-corrected chi connectivity index (χ2v) is 21.6. The van der Waals surface area contributed by atoms with Gasteiger partial charge in [0.05, 0.1) is 41.1 Å². The highest BCUT2D eigenvalue weighted by atomic mass is 16.4. The van der Waals surface area contributed by atoms with Gasteiger partial charge in [0.1, 0.15) is 6.04 Å². The van der Waals surface area contributed by atoms with E-state index in [2.05, 4.69) is 139 Å². The highest BCUT2D eigenvalue weighted by Gasteiger charge is 2.38. The van der Waals surface area contributed by atoms with Gasteiger partial charge < -0.3 is 44.9 Å². The Morgan fingerprint density at radius 1 is 0.595 bits per heavy atom. The molecule has 2 amide bonds. The molecular formula is C60H70N10O4. The number of fused-ring (bicyclic) bond motifs is 2. The maximum Gasteiger partial charge on any atom is 0.307 e. The number of aromatic nitrogens is 4. The van der Waals surface area contributed by atoms with Crippen LogP contribution in [0.15, 0.2) is 121 Å². The minimum Gasteiger partial charge on any atom is -0.481 e. The standard InChI is InChI=1S/C60H70N10O4/c1-65-28-32-67(33-29-65)59-62-51-14-5-7-16-53(51)69(59)38-40-18-22-42(23-19-40)47-12-3-4-13-48(47)57(72)64-55(56(61)71)46-11-9-10-44(36-46)45-26-27-49(58(73)74)50(37-45)43-24-20-41(21-25-43)39-70-54-17-8-6-15-52(54)63-60(70)68-34-30-66(2)31-35-68/h5-11,14-25,36,45,47-50,55H,3-4,12-13,26-35,37-39H2,1-2H3,(H2,61,71)(H,64,72)(H,73,74)/t45?,47-,48+,49+,50-,55-/m0/s1. The third-order valence-corrected chi connectivity index (χ3v) is 16.9. The summed E-state index contributed by atoms with van der Waals surface area (Å²) in [6.07, 6.45) is 5.46. The number of primary amides is 1. The summed E-state index contributed by atoms with van der Waals surface area (Å²) in [6, 6.07) is 40.8. The summed E-state index contributed by atoms with van der Waals surface area (Å²) in [7, 11) is 4.33. The average molecular weight is 995 g/mol. The van der Waals surface area contributed by atoms with E-state index in [1.54, 1.807) is 0 Å². The van der Waals surface area contributed by atoms with Gasteiger partial charge in [0, 0.05) is 58.3 Å². The molecule has 0 spiro atoms. The largest absolute Gasteiger partial charge is 0.481 e. The number of carbonyl (C=O) groups excluding carboxylic acids is 2. The molecule has 7 aromatic rings. The molecule has 4 heterocycles. The van der Waals surface area contributed by atoms with Gasteiger partial charge in [0.15, 0.2) is 0 Å². The van der Waals surface area contributed by atoms with Crippen molar-refractivity contribution in [2.45, 2.75) is 81.8 Å². The normalized spacial score (nSPS) is 22.5. The quantitative estimate of drug-likeness (QED) is 0.0968. The SMILES string of the molecule is CN1CCN(c2nc3ccccc3n2Cc2ccc([C@@H]3CC(c4cccc([C@H](NC(=O)[C@@H]5CCCC[C@H]5c5ccc(Cn6c(N7CCN(C)CC7)nc7ccccc76)cc5)C(N)=O)c4)CC[C@H]3C(=O)O)cc2)CC1. The van der Waals surface area contributed by atoms with Crippen LogP contribution in [0.5, 0.6) is 0 Å². The number of carboxylic acid groups (broad SMARTS) is 1. The van der Waals surface area contributed by atoms with Gasteiger partial charge in [-0.3, -0.25) is 14.4 Å². The summed E-state index contributed by atoms with van der Waals surface area (Å²) in [5, 5.41) is 13.6. The Balaban J connectivity index is 0.774. The Kier molecular flexibility index (Phi) is 14.3. The second-order valence-electron chi connectivity index (χ2n) is 21.6. The number of anilines is 2. The number of likely N-dealkylation sites (N-methyl/N-ethyl adjacent to an activating group) is 2. The van der Waals surface area contributed by atoms with Crippen molar-refractivity contribution in [2.75, 3.05) is 76.3 Å². The van der Waals surface area contributed by atoms with Crippen LogP contribution < -0.4 is 20.9 Å². The van der Waals surface area contributed by atoms with Crippen LogP contribution in [0.3, 0.4) is 0 Å². The van der Waals surface area contributed by atoms with Crippen molar-refractivity contribution in [3.8, 4) is 0 Å². The van der Waals surface area contributed by atoms with E-state index in [0.717, 1.165) is 134 Å². The molecule has 2 aliphatic carbocycles. The molecule has 74 heavy (non-hydrogen) atoms. The highest BCUT2D eigenvalue weighted by molar-refractivity contribution is 5.89. The summed E-state index contributed by atoms with van der Waals surface area (Å²) in [6.45, 7) is 9.02. The van der Waals surface area contributed by atoms with Gasteiger partial charge in [0.2, 0.25) is 23.7 Å². The molecule has 4 aliphatic rings. The third-order valence-electron chi connectivity index (χ3n) is 16.9. The van der Waals surface area contributed by atoms with Crippen LogP contribution in [0.25, 0.3) is 22.1 Å². The van der Waals surface area contributed by atoms with Crippen molar-refractivity contribution in [3.05, 3.63) is 155 Å². The van der Waals surface area contributed by atoms with Crippen molar-refractivity contribution >= 4 is 51.7 Å². The van der Waals surface area contributed by atoms with E-state index >= 15 is 0 Å². The second kappa shape index (κ2) is 21.4. The Labute approximate surface area is 434 Å². The number of nitrogens with one attached hydrogen (secondary N) is 1. The lowest BCUT2D eigenvalue weighted by atomic mass is 9.69. The minimum absolute atomic E-state index is 0.00777. The fourth-order valence-corrected chi connectivity index (χ4v) is 12.6. The number of aliphatic carboxylic acids is 1. The van der Waals surface area contributed by atoms with Crippen molar-refractivity contribution in [2.24, 2.45) is 17.6 Å². The van der Waals surface area contributed by atoms with E-state index in [-0.39, 0.29) is 29.6 Å². The first-order valence-electron chi connectivity index (χ1n) is 26.9. The van der Waals surface area contributed by atoms with Gasteiger partial charge in [-0.1, -0.05) is 110 Å². The molecule has 2 saturated heterocycles. The van der Waals surface area contributed by atoms with Gasteiger partial charge >= 0.3 is 5.97 Å². The van der Waals surface area contributed by atoms with Crippen molar-refractivity contribution in [1.82, 2.24) is 34.2 Å².